The van der Waals surface area contributed by atoms with E-state index >= 15 is 0 Å². The maximum Gasteiger partial charge on any atom is 0.132 e. The van der Waals surface area contributed by atoms with Gasteiger partial charge in [-0.3, -0.25) is 4.48 Å². The van der Waals surface area contributed by atoms with E-state index in [2.05, 4.69) is 136 Å². The number of nitrogens with zero attached hydrogens (tertiary/aromatic N) is 1. The van der Waals surface area contributed by atoms with Crippen molar-refractivity contribution >= 4 is 16.5 Å². The van der Waals surface area contributed by atoms with Gasteiger partial charge >= 0.3 is 0 Å². The Bertz CT molecular complexity index is 1380. The van der Waals surface area contributed by atoms with Crippen LogP contribution >= 0.6 is 0 Å². The fraction of sp³-hybridized carbons (Fsp3) is 0.0968. The van der Waals surface area contributed by atoms with Crippen molar-refractivity contribution in [2.45, 2.75) is 0 Å². The molecule has 1 nitrogen and oxygen atoms in total. The Balaban J connectivity index is 0.00000259. The number of hydrogen-bond donors (Lipinski definition) is 0. The van der Waals surface area contributed by atoms with Gasteiger partial charge < -0.3 is 24.0 Å². The topological polar surface area (TPSA) is 0 Å². The van der Waals surface area contributed by atoms with Crippen LogP contribution in [0.15, 0.2) is 115 Å². The molecule has 0 radical (unpaired) electrons. The van der Waals surface area contributed by atoms with Crippen LogP contribution in [0.25, 0.3) is 44.2 Å². The summed E-state index contributed by atoms with van der Waals surface area (Å²) in [5.41, 5.74) is 8.82. The van der Waals surface area contributed by atoms with Gasteiger partial charge in [-0.1, -0.05) is 97.1 Å². The smallest absolute Gasteiger partial charge is 0.132 e. The van der Waals surface area contributed by atoms with Gasteiger partial charge in [-0.25, -0.2) is 0 Å². The summed E-state index contributed by atoms with van der Waals surface area (Å²) in [6, 6.07) is 41.7. The molecule has 0 bridgehead atoms. The van der Waals surface area contributed by atoms with E-state index in [0.29, 0.717) is 0 Å². The van der Waals surface area contributed by atoms with Gasteiger partial charge in [-0.2, -0.15) is 0 Å². The largest absolute Gasteiger partial charge is 1.00 e. The van der Waals surface area contributed by atoms with Crippen molar-refractivity contribution < 1.29 is 24.0 Å². The van der Waals surface area contributed by atoms with Crippen LogP contribution in [-0.4, -0.2) is 21.1 Å². The standard InChI is InChI=1S/C31H28N.HI/c1-32(2,3)29-13-7-11-26(22-29)27-19-20-31-28(21-27)12-8-14-30(31)25-17-15-24(16-18-25)23-9-5-4-6-10-23;/h4-22H,1-3H3;1H/q+1;/p-1. The normalized spacial score (nSPS) is 11.2. The van der Waals surface area contributed by atoms with E-state index in [9.17, 15) is 0 Å². The van der Waals surface area contributed by atoms with Crippen molar-refractivity contribution in [3.05, 3.63) is 115 Å². The second kappa shape index (κ2) is 9.50. The lowest BCUT2D eigenvalue weighted by molar-refractivity contribution is -0.00000638. The van der Waals surface area contributed by atoms with Gasteiger partial charge in [0.15, 0.2) is 0 Å². The molecule has 0 N–H and O–H groups in total. The number of fused-ring (bicyclic) bond motifs is 1. The fourth-order valence-electron chi connectivity index (χ4n) is 4.29. The lowest BCUT2D eigenvalue weighted by atomic mass is 9.94. The first kappa shape index (κ1) is 23.2. The minimum Gasteiger partial charge on any atom is -1.00 e. The fourth-order valence-corrected chi connectivity index (χ4v) is 4.29. The molecule has 5 aromatic carbocycles. The van der Waals surface area contributed by atoms with Crippen molar-refractivity contribution in [3.63, 3.8) is 0 Å². The lowest BCUT2D eigenvalue weighted by Crippen LogP contribution is -3.00. The van der Waals surface area contributed by atoms with Crippen LogP contribution in [0.2, 0.25) is 0 Å². The van der Waals surface area contributed by atoms with Gasteiger partial charge in [0, 0.05) is 6.07 Å². The number of quaternary nitrogens is 1. The van der Waals surface area contributed by atoms with Crippen LogP contribution in [0.5, 0.6) is 0 Å². The highest BCUT2D eigenvalue weighted by atomic mass is 127. The zero-order chi connectivity index (χ0) is 22.1. The van der Waals surface area contributed by atoms with Crippen molar-refractivity contribution in [1.29, 1.82) is 0 Å². The summed E-state index contributed by atoms with van der Waals surface area (Å²) in [4.78, 5) is 0. The number of halogens is 1. The summed E-state index contributed by atoms with van der Waals surface area (Å²) in [7, 11) is 6.61. The molecule has 5 aromatic rings. The van der Waals surface area contributed by atoms with E-state index in [0.717, 1.165) is 4.48 Å². The van der Waals surface area contributed by atoms with Gasteiger partial charge in [0.2, 0.25) is 0 Å². The molecule has 0 aliphatic rings. The highest BCUT2D eigenvalue weighted by molar-refractivity contribution is 5.99. The molecular formula is C31H28IN. The third-order valence-electron chi connectivity index (χ3n) is 6.14. The highest BCUT2D eigenvalue weighted by Crippen LogP contribution is 2.34. The molecule has 0 spiro atoms. The van der Waals surface area contributed by atoms with Crippen LogP contribution in [-0.2, 0) is 0 Å². The molecule has 0 fully saturated rings. The van der Waals surface area contributed by atoms with Crippen LogP contribution in [0.3, 0.4) is 0 Å². The molecule has 0 aliphatic heterocycles. The molecule has 0 amide bonds. The average Bonchev–Trinajstić information content (AvgIpc) is 2.83. The number of rotatable bonds is 4. The summed E-state index contributed by atoms with van der Waals surface area (Å²) in [5, 5.41) is 2.55. The SMILES string of the molecule is C[N+](C)(C)c1cccc(-c2ccc3c(-c4ccc(-c5ccccc5)cc4)cccc3c2)c1.[I-]. The van der Waals surface area contributed by atoms with E-state index in [1.54, 1.807) is 0 Å². The molecule has 0 aliphatic carbocycles. The molecular weight excluding hydrogens is 513 g/mol. The molecule has 0 heterocycles. The average molecular weight is 541 g/mol. The van der Waals surface area contributed by atoms with Crippen molar-refractivity contribution in [1.82, 2.24) is 4.48 Å². The minimum atomic E-state index is 0. The molecule has 0 aromatic heterocycles. The maximum absolute atomic E-state index is 2.31. The van der Waals surface area contributed by atoms with Gasteiger partial charge in [-0.05, 0) is 56.3 Å². The zero-order valence-corrected chi connectivity index (χ0v) is 21.5. The highest BCUT2D eigenvalue weighted by Gasteiger charge is 2.13. The Morgan fingerprint density at radius 1 is 0.455 bits per heavy atom. The maximum atomic E-state index is 2.31. The van der Waals surface area contributed by atoms with E-state index in [1.807, 2.05) is 0 Å². The van der Waals surface area contributed by atoms with Gasteiger partial charge in [0.25, 0.3) is 0 Å². The van der Waals surface area contributed by atoms with Crippen molar-refractivity contribution in [2.75, 3.05) is 21.1 Å². The molecule has 5 rings (SSSR count). The van der Waals surface area contributed by atoms with Crippen molar-refractivity contribution in [3.8, 4) is 33.4 Å². The van der Waals surface area contributed by atoms with Crippen molar-refractivity contribution in [2.24, 2.45) is 0 Å². The van der Waals surface area contributed by atoms with Crippen LogP contribution in [0, 0.1) is 0 Å². The molecule has 0 atom stereocenters. The Labute approximate surface area is 213 Å². The Morgan fingerprint density at radius 2 is 1.03 bits per heavy atom. The number of hydrogen-bond acceptors (Lipinski definition) is 0. The third-order valence-corrected chi connectivity index (χ3v) is 6.14. The predicted molar refractivity (Wildman–Crippen MR) is 140 cm³/mol. The van der Waals surface area contributed by atoms with Crippen LogP contribution < -0.4 is 28.5 Å². The van der Waals surface area contributed by atoms with Crippen LogP contribution in [0.4, 0.5) is 5.69 Å². The van der Waals surface area contributed by atoms with Gasteiger partial charge in [-0.15, -0.1) is 0 Å². The molecule has 0 saturated carbocycles. The summed E-state index contributed by atoms with van der Waals surface area (Å²) >= 11 is 0. The van der Waals surface area contributed by atoms with E-state index in [-0.39, 0.29) is 24.0 Å². The van der Waals surface area contributed by atoms with E-state index in [4.69, 9.17) is 0 Å². The Kier molecular flexibility index (Phi) is 6.68. The van der Waals surface area contributed by atoms with Gasteiger partial charge in [0.05, 0.1) is 21.1 Å². The quantitative estimate of drug-likeness (QED) is 0.221. The molecule has 33 heavy (non-hydrogen) atoms. The first-order valence-corrected chi connectivity index (χ1v) is 11.1. The third kappa shape index (κ3) is 4.87. The predicted octanol–water partition coefficient (Wildman–Crippen LogP) is 5.04. The molecule has 0 unspecified atom stereocenters. The molecule has 164 valence electrons. The monoisotopic (exact) mass is 541 g/mol. The molecule has 0 saturated heterocycles. The zero-order valence-electron chi connectivity index (χ0n) is 19.3. The van der Waals surface area contributed by atoms with E-state index in [1.165, 1.54) is 49.8 Å². The van der Waals surface area contributed by atoms with Gasteiger partial charge in [0.1, 0.15) is 5.69 Å². The first-order chi connectivity index (χ1) is 15.5. The summed E-state index contributed by atoms with van der Waals surface area (Å²) < 4.78 is 0.810. The summed E-state index contributed by atoms with van der Waals surface area (Å²) in [6.45, 7) is 0. The molecule has 2 heteroatoms. The first-order valence-electron chi connectivity index (χ1n) is 11.1. The number of benzene rings is 5. The van der Waals surface area contributed by atoms with Crippen LogP contribution in [0.1, 0.15) is 0 Å². The second-order valence-corrected chi connectivity index (χ2v) is 9.25. The minimum absolute atomic E-state index is 0. The Morgan fingerprint density at radius 3 is 1.76 bits per heavy atom. The van der Waals surface area contributed by atoms with E-state index < -0.39 is 0 Å². The lowest BCUT2D eigenvalue weighted by Gasteiger charge is -2.23. The summed E-state index contributed by atoms with van der Waals surface area (Å²) in [6.07, 6.45) is 0. The summed E-state index contributed by atoms with van der Waals surface area (Å²) in [5.74, 6) is 0. The Hall–Kier alpha value is -2.95. The second-order valence-electron chi connectivity index (χ2n) is 9.25.